The molecule has 18 heavy (non-hydrogen) atoms. The molecule has 0 spiro atoms. The van der Waals surface area contributed by atoms with Crippen LogP contribution in [0.4, 0.5) is 5.69 Å². The molecular weight excluding hydrogens is 230 g/mol. The maximum Gasteiger partial charge on any atom is 0.306 e. The van der Waals surface area contributed by atoms with Gasteiger partial charge in [-0.25, -0.2) is 0 Å². The Bertz CT molecular complexity index is 444. The summed E-state index contributed by atoms with van der Waals surface area (Å²) >= 11 is 0. The van der Waals surface area contributed by atoms with Crippen LogP contribution >= 0.6 is 0 Å². The third-order valence-corrected chi connectivity index (χ3v) is 3.61. The predicted molar refractivity (Wildman–Crippen MR) is 68.3 cm³/mol. The Labute approximate surface area is 106 Å². The van der Waals surface area contributed by atoms with Crippen LogP contribution in [-0.4, -0.2) is 24.0 Å². The number of carboxylic acid groups (broad SMARTS) is 1. The average molecular weight is 247 g/mol. The molecule has 1 aromatic carbocycles. The Morgan fingerprint density at radius 1 is 1.17 bits per heavy atom. The van der Waals surface area contributed by atoms with Crippen LogP contribution in [-0.2, 0) is 9.59 Å². The Kier molecular flexibility index (Phi) is 3.65. The number of benzene rings is 1. The lowest BCUT2D eigenvalue weighted by atomic mass is 10.0. The lowest BCUT2D eigenvalue weighted by Crippen LogP contribution is -2.32. The number of amides is 1. The Morgan fingerprint density at radius 2 is 1.78 bits per heavy atom. The van der Waals surface area contributed by atoms with Crippen molar-refractivity contribution < 1.29 is 14.7 Å². The minimum atomic E-state index is -0.785. The van der Waals surface area contributed by atoms with Gasteiger partial charge in [0.25, 0.3) is 0 Å². The average Bonchev–Trinajstić information content (AvgIpc) is 2.88. The first-order valence-corrected chi connectivity index (χ1v) is 6.15. The molecule has 0 bridgehead atoms. The fourth-order valence-corrected chi connectivity index (χ4v) is 2.48. The van der Waals surface area contributed by atoms with Gasteiger partial charge in [0.05, 0.1) is 5.92 Å². The Balaban J connectivity index is 2.02. The molecule has 96 valence electrons. The van der Waals surface area contributed by atoms with E-state index >= 15 is 0 Å². The number of hydrogen-bond donors (Lipinski definition) is 1. The van der Waals surface area contributed by atoms with Crippen molar-refractivity contribution >= 4 is 17.6 Å². The van der Waals surface area contributed by atoms with Crippen LogP contribution < -0.4 is 4.90 Å². The molecule has 1 aliphatic carbocycles. The van der Waals surface area contributed by atoms with Crippen molar-refractivity contribution in [1.82, 2.24) is 0 Å². The molecule has 2 atom stereocenters. The highest BCUT2D eigenvalue weighted by molar-refractivity contribution is 5.95. The van der Waals surface area contributed by atoms with Gasteiger partial charge in [0.15, 0.2) is 0 Å². The topological polar surface area (TPSA) is 57.6 Å². The quantitative estimate of drug-likeness (QED) is 0.890. The molecule has 1 N–H and O–H groups in total. The molecule has 0 aliphatic heterocycles. The van der Waals surface area contributed by atoms with Gasteiger partial charge in [-0.3, -0.25) is 9.59 Å². The summed E-state index contributed by atoms with van der Waals surface area (Å²) in [5.41, 5.74) is 0.848. The third kappa shape index (κ3) is 2.53. The maximum absolute atomic E-state index is 12.2. The SMILES string of the molecule is CN(C(=O)C1CCC(C(=O)O)C1)c1ccccc1. The first-order valence-electron chi connectivity index (χ1n) is 6.15. The van der Waals surface area contributed by atoms with Gasteiger partial charge < -0.3 is 10.0 Å². The number of carbonyl (C=O) groups is 2. The number of nitrogens with zero attached hydrogens (tertiary/aromatic N) is 1. The molecule has 1 fully saturated rings. The van der Waals surface area contributed by atoms with E-state index in [9.17, 15) is 9.59 Å². The van der Waals surface area contributed by atoms with E-state index in [1.807, 2.05) is 30.3 Å². The minimum absolute atomic E-state index is 0.0185. The second kappa shape index (κ2) is 5.21. The van der Waals surface area contributed by atoms with E-state index in [-0.39, 0.29) is 17.7 Å². The van der Waals surface area contributed by atoms with Crippen LogP contribution in [0.15, 0.2) is 30.3 Å². The number of hydrogen-bond acceptors (Lipinski definition) is 2. The Morgan fingerprint density at radius 3 is 2.33 bits per heavy atom. The standard InChI is InChI=1S/C14H17NO3/c1-15(12-5-3-2-4-6-12)13(16)10-7-8-11(9-10)14(17)18/h2-6,10-11H,7-9H2,1H3,(H,17,18). The number of aliphatic carboxylic acids is 1. The van der Waals surface area contributed by atoms with Crippen molar-refractivity contribution in [1.29, 1.82) is 0 Å². The molecule has 0 heterocycles. The molecule has 0 saturated heterocycles. The van der Waals surface area contributed by atoms with Gasteiger partial charge in [-0.15, -0.1) is 0 Å². The predicted octanol–water partition coefficient (Wildman–Crippen LogP) is 2.15. The number of rotatable bonds is 3. The van der Waals surface area contributed by atoms with Crippen molar-refractivity contribution in [2.24, 2.45) is 11.8 Å². The van der Waals surface area contributed by atoms with E-state index in [1.165, 1.54) is 0 Å². The summed E-state index contributed by atoms with van der Waals surface area (Å²) in [6.07, 6.45) is 1.74. The van der Waals surface area contributed by atoms with E-state index in [0.29, 0.717) is 19.3 Å². The second-order valence-electron chi connectivity index (χ2n) is 4.78. The fraction of sp³-hybridized carbons (Fsp3) is 0.429. The highest BCUT2D eigenvalue weighted by Crippen LogP contribution is 2.33. The smallest absolute Gasteiger partial charge is 0.306 e. The molecule has 2 unspecified atom stereocenters. The zero-order valence-corrected chi connectivity index (χ0v) is 10.4. The summed E-state index contributed by atoms with van der Waals surface area (Å²) in [5, 5.41) is 8.94. The van der Waals surface area contributed by atoms with Crippen molar-refractivity contribution in [2.75, 3.05) is 11.9 Å². The molecular formula is C14H17NO3. The number of para-hydroxylation sites is 1. The lowest BCUT2D eigenvalue weighted by Gasteiger charge is -2.21. The zero-order chi connectivity index (χ0) is 13.1. The summed E-state index contributed by atoms with van der Waals surface area (Å²) < 4.78 is 0. The normalized spacial score (nSPS) is 22.7. The number of anilines is 1. The molecule has 1 aromatic rings. The highest BCUT2D eigenvalue weighted by Gasteiger charge is 2.35. The van der Waals surface area contributed by atoms with Crippen molar-refractivity contribution in [3.63, 3.8) is 0 Å². The van der Waals surface area contributed by atoms with Gasteiger partial charge in [0.2, 0.25) is 5.91 Å². The van der Waals surface area contributed by atoms with Gasteiger partial charge in [-0.1, -0.05) is 18.2 Å². The summed E-state index contributed by atoms with van der Waals surface area (Å²) in [4.78, 5) is 24.8. The van der Waals surface area contributed by atoms with Gasteiger partial charge in [-0.05, 0) is 31.4 Å². The largest absolute Gasteiger partial charge is 0.481 e. The summed E-state index contributed by atoms with van der Waals surface area (Å²) in [5.74, 6) is -1.28. The van der Waals surface area contributed by atoms with Gasteiger partial charge in [0, 0.05) is 18.7 Å². The van der Waals surface area contributed by atoms with Crippen LogP contribution in [0.3, 0.4) is 0 Å². The van der Waals surface area contributed by atoms with Crippen molar-refractivity contribution in [3.8, 4) is 0 Å². The molecule has 0 aromatic heterocycles. The molecule has 1 aliphatic rings. The van der Waals surface area contributed by atoms with Crippen molar-refractivity contribution in [3.05, 3.63) is 30.3 Å². The first-order chi connectivity index (χ1) is 8.59. The van der Waals surface area contributed by atoms with Crippen LogP contribution in [0.25, 0.3) is 0 Å². The van der Waals surface area contributed by atoms with Gasteiger partial charge in [0.1, 0.15) is 0 Å². The third-order valence-electron chi connectivity index (χ3n) is 3.61. The van der Waals surface area contributed by atoms with Gasteiger partial charge >= 0.3 is 5.97 Å². The van der Waals surface area contributed by atoms with E-state index in [4.69, 9.17) is 5.11 Å². The second-order valence-corrected chi connectivity index (χ2v) is 4.78. The summed E-state index contributed by atoms with van der Waals surface area (Å²) in [6.45, 7) is 0. The van der Waals surface area contributed by atoms with Gasteiger partial charge in [-0.2, -0.15) is 0 Å². The minimum Gasteiger partial charge on any atom is -0.481 e. The van der Waals surface area contributed by atoms with Crippen LogP contribution in [0.1, 0.15) is 19.3 Å². The zero-order valence-electron chi connectivity index (χ0n) is 10.4. The van der Waals surface area contributed by atoms with E-state index in [0.717, 1.165) is 5.69 Å². The maximum atomic E-state index is 12.2. The monoisotopic (exact) mass is 247 g/mol. The van der Waals surface area contributed by atoms with Crippen LogP contribution in [0.5, 0.6) is 0 Å². The molecule has 4 nitrogen and oxygen atoms in total. The summed E-state index contributed by atoms with van der Waals surface area (Å²) in [6, 6.07) is 9.42. The molecule has 0 radical (unpaired) electrons. The van der Waals surface area contributed by atoms with E-state index in [2.05, 4.69) is 0 Å². The van der Waals surface area contributed by atoms with Crippen LogP contribution in [0, 0.1) is 11.8 Å². The van der Waals surface area contributed by atoms with E-state index < -0.39 is 5.97 Å². The molecule has 2 rings (SSSR count). The highest BCUT2D eigenvalue weighted by atomic mass is 16.4. The molecule has 4 heteroatoms. The van der Waals surface area contributed by atoms with Crippen LogP contribution in [0.2, 0.25) is 0 Å². The first kappa shape index (κ1) is 12.6. The lowest BCUT2D eigenvalue weighted by molar-refractivity contribution is -0.141. The number of carbonyl (C=O) groups excluding carboxylic acids is 1. The molecule has 1 saturated carbocycles. The summed E-state index contributed by atoms with van der Waals surface area (Å²) in [7, 11) is 1.74. The van der Waals surface area contributed by atoms with E-state index in [1.54, 1.807) is 11.9 Å². The Hall–Kier alpha value is -1.84. The number of carboxylic acids is 1. The van der Waals surface area contributed by atoms with Crippen molar-refractivity contribution in [2.45, 2.75) is 19.3 Å². The molecule has 1 amide bonds. The fourth-order valence-electron chi connectivity index (χ4n) is 2.48.